The van der Waals surface area contributed by atoms with Crippen molar-refractivity contribution < 1.29 is 9.15 Å². The fraction of sp³-hybridized carbons (Fsp3) is 0.273. The molecule has 0 unspecified atom stereocenters. The Morgan fingerprint density at radius 2 is 2.25 bits per heavy atom. The van der Waals surface area contributed by atoms with Gasteiger partial charge in [0.05, 0.1) is 17.5 Å². The van der Waals surface area contributed by atoms with Crippen LogP contribution in [-0.2, 0) is 0 Å². The van der Waals surface area contributed by atoms with Crippen LogP contribution in [0.15, 0.2) is 21.3 Å². The molecule has 0 bridgehead atoms. The van der Waals surface area contributed by atoms with Gasteiger partial charge in [0.1, 0.15) is 0 Å². The standard InChI is InChI=1S/C11H12N2O3/c1-3-15-11-13-8-5-4-7(12)6(2)9(8)10(14)16-11/h4-5H,3,12H2,1-2H3. The van der Waals surface area contributed by atoms with E-state index in [0.717, 1.165) is 0 Å². The van der Waals surface area contributed by atoms with Gasteiger partial charge in [-0.1, -0.05) is 0 Å². The summed E-state index contributed by atoms with van der Waals surface area (Å²) in [6.45, 7) is 3.95. The van der Waals surface area contributed by atoms with Gasteiger partial charge in [0, 0.05) is 5.69 Å². The van der Waals surface area contributed by atoms with E-state index in [4.69, 9.17) is 14.9 Å². The highest BCUT2D eigenvalue weighted by molar-refractivity contribution is 5.85. The Morgan fingerprint density at radius 1 is 1.50 bits per heavy atom. The van der Waals surface area contributed by atoms with Gasteiger partial charge in [-0.05, 0) is 31.5 Å². The Kier molecular flexibility index (Phi) is 2.52. The quantitative estimate of drug-likeness (QED) is 0.775. The molecule has 0 aliphatic heterocycles. The van der Waals surface area contributed by atoms with E-state index in [1.807, 2.05) is 0 Å². The summed E-state index contributed by atoms with van der Waals surface area (Å²) in [6, 6.07) is 3.39. The number of anilines is 1. The summed E-state index contributed by atoms with van der Waals surface area (Å²) >= 11 is 0. The maximum absolute atomic E-state index is 11.7. The van der Waals surface area contributed by atoms with Crippen LogP contribution in [0.2, 0.25) is 0 Å². The summed E-state index contributed by atoms with van der Waals surface area (Å²) in [6.07, 6.45) is -0.0100. The molecule has 1 heterocycles. The highest BCUT2D eigenvalue weighted by Crippen LogP contribution is 2.20. The Morgan fingerprint density at radius 3 is 2.94 bits per heavy atom. The van der Waals surface area contributed by atoms with E-state index < -0.39 is 5.63 Å². The highest BCUT2D eigenvalue weighted by atomic mass is 16.6. The third-order valence-electron chi connectivity index (χ3n) is 2.35. The molecule has 0 atom stereocenters. The summed E-state index contributed by atoms with van der Waals surface area (Å²) < 4.78 is 9.98. The monoisotopic (exact) mass is 220 g/mol. The maximum Gasteiger partial charge on any atom is 0.397 e. The Balaban J connectivity index is 2.76. The minimum absolute atomic E-state index is 0.0100. The molecule has 0 amide bonds. The molecular formula is C11H12N2O3. The van der Waals surface area contributed by atoms with Crippen LogP contribution < -0.4 is 16.1 Å². The summed E-state index contributed by atoms with van der Waals surface area (Å²) in [5.74, 6) is 0. The molecule has 16 heavy (non-hydrogen) atoms. The maximum atomic E-state index is 11.7. The van der Waals surface area contributed by atoms with Crippen LogP contribution in [0.4, 0.5) is 5.69 Å². The normalized spacial score (nSPS) is 10.6. The molecule has 0 saturated carbocycles. The average Bonchev–Trinajstić information content (AvgIpc) is 2.23. The minimum atomic E-state index is -0.474. The molecule has 2 aromatic rings. The number of hydrogen-bond donors (Lipinski definition) is 1. The zero-order valence-electron chi connectivity index (χ0n) is 9.11. The Bertz CT molecular complexity index is 590. The van der Waals surface area contributed by atoms with Crippen LogP contribution in [0.5, 0.6) is 6.08 Å². The molecule has 1 aromatic heterocycles. The van der Waals surface area contributed by atoms with Crippen molar-refractivity contribution in [2.75, 3.05) is 12.3 Å². The van der Waals surface area contributed by atoms with Crippen molar-refractivity contribution in [3.8, 4) is 6.08 Å². The molecule has 0 radical (unpaired) electrons. The number of nitrogens with zero attached hydrogens (tertiary/aromatic N) is 1. The first-order valence-electron chi connectivity index (χ1n) is 4.96. The second-order valence-corrected chi connectivity index (χ2v) is 3.37. The number of rotatable bonds is 2. The zero-order chi connectivity index (χ0) is 11.7. The predicted octanol–water partition coefficient (Wildman–Crippen LogP) is 1.48. The Labute approximate surface area is 91.8 Å². The lowest BCUT2D eigenvalue weighted by Crippen LogP contribution is -2.07. The number of hydrogen-bond acceptors (Lipinski definition) is 5. The third-order valence-corrected chi connectivity index (χ3v) is 2.35. The summed E-state index contributed by atoms with van der Waals surface area (Å²) in [5, 5.41) is 0.406. The van der Waals surface area contributed by atoms with E-state index in [9.17, 15) is 4.79 Å². The Hall–Kier alpha value is -2.04. The fourth-order valence-corrected chi connectivity index (χ4v) is 1.50. The van der Waals surface area contributed by atoms with Crippen molar-refractivity contribution in [3.63, 3.8) is 0 Å². The van der Waals surface area contributed by atoms with E-state index >= 15 is 0 Å². The number of aryl methyl sites for hydroxylation is 1. The third kappa shape index (κ3) is 1.60. The number of aromatic nitrogens is 1. The van der Waals surface area contributed by atoms with Crippen LogP contribution in [-0.4, -0.2) is 11.6 Å². The lowest BCUT2D eigenvalue weighted by Gasteiger charge is -2.05. The second kappa shape index (κ2) is 3.84. The van der Waals surface area contributed by atoms with Crippen molar-refractivity contribution >= 4 is 16.6 Å². The number of nitrogens with two attached hydrogens (primary N) is 1. The van der Waals surface area contributed by atoms with E-state index in [-0.39, 0.29) is 6.08 Å². The van der Waals surface area contributed by atoms with Crippen molar-refractivity contribution in [3.05, 3.63) is 28.1 Å². The number of benzene rings is 1. The topological polar surface area (TPSA) is 78.4 Å². The van der Waals surface area contributed by atoms with Crippen molar-refractivity contribution in [2.45, 2.75) is 13.8 Å². The van der Waals surface area contributed by atoms with E-state index in [2.05, 4.69) is 4.98 Å². The largest absolute Gasteiger partial charge is 0.450 e. The number of nitrogen functional groups attached to an aromatic ring is 1. The highest BCUT2D eigenvalue weighted by Gasteiger charge is 2.10. The van der Waals surface area contributed by atoms with Gasteiger partial charge in [0.15, 0.2) is 0 Å². The van der Waals surface area contributed by atoms with Gasteiger partial charge in [0.2, 0.25) is 0 Å². The van der Waals surface area contributed by atoms with Gasteiger partial charge in [-0.25, -0.2) is 4.79 Å². The van der Waals surface area contributed by atoms with Gasteiger partial charge in [0.25, 0.3) is 0 Å². The first-order chi connectivity index (χ1) is 7.63. The molecule has 5 nitrogen and oxygen atoms in total. The summed E-state index contributed by atoms with van der Waals surface area (Å²) in [5.41, 5.74) is 7.00. The van der Waals surface area contributed by atoms with Gasteiger partial charge >= 0.3 is 11.7 Å². The van der Waals surface area contributed by atoms with Crippen molar-refractivity contribution in [2.24, 2.45) is 0 Å². The van der Waals surface area contributed by atoms with Gasteiger partial charge < -0.3 is 14.9 Å². The molecule has 2 rings (SSSR count). The molecule has 0 spiro atoms. The van der Waals surface area contributed by atoms with Crippen LogP contribution in [0.1, 0.15) is 12.5 Å². The molecule has 0 aliphatic carbocycles. The molecule has 1 aromatic carbocycles. The van der Waals surface area contributed by atoms with Crippen LogP contribution in [0.25, 0.3) is 10.9 Å². The SMILES string of the molecule is CCOc1nc2ccc(N)c(C)c2c(=O)o1. The summed E-state index contributed by atoms with van der Waals surface area (Å²) in [7, 11) is 0. The molecular weight excluding hydrogens is 208 g/mol. The number of ether oxygens (including phenoxy) is 1. The first-order valence-corrected chi connectivity index (χ1v) is 4.96. The van der Waals surface area contributed by atoms with Crippen LogP contribution in [0.3, 0.4) is 0 Å². The molecule has 5 heteroatoms. The van der Waals surface area contributed by atoms with Crippen LogP contribution >= 0.6 is 0 Å². The van der Waals surface area contributed by atoms with Crippen molar-refractivity contribution in [1.29, 1.82) is 0 Å². The van der Waals surface area contributed by atoms with E-state index in [1.54, 1.807) is 26.0 Å². The molecule has 0 fully saturated rings. The van der Waals surface area contributed by atoms with Gasteiger partial charge in [-0.3, -0.25) is 0 Å². The molecule has 0 saturated heterocycles. The lowest BCUT2D eigenvalue weighted by molar-refractivity contribution is 0.229. The van der Waals surface area contributed by atoms with Gasteiger partial charge in [-0.2, -0.15) is 4.98 Å². The zero-order valence-corrected chi connectivity index (χ0v) is 9.11. The number of fused-ring (bicyclic) bond motifs is 1. The van der Waals surface area contributed by atoms with Crippen molar-refractivity contribution in [1.82, 2.24) is 4.98 Å². The summed E-state index contributed by atoms with van der Waals surface area (Å²) in [4.78, 5) is 15.8. The van der Waals surface area contributed by atoms with E-state index in [0.29, 0.717) is 28.8 Å². The average molecular weight is 220 g/mol. The minimum Gasteiger partial charge on any atom is -0.450 e. The van der Waals surface area contributed by atoms with Crippen LogP contribution in [0, 0.1) is 6.92 Å². The fourth-order valence-electron chi connectivity index (χ4n) is 1.50. The molecule has 0 aliphatic rings. The second-order valence-electron chi connectivity index (χ2n) is 3.37. The smallest absolute Gasteiger partial charge is 0.397 e. The lowest BCUT2D eigenvalue weighted by atomic mass is 10.1. The predicted molar refractivity (Wildman–Crippen MR) is 60.6 cm³/mol. The molecule has 84 valence electrons. The first kappa shape index (κ1) is 10.5. The van der Waals surface area contributed by atoms with E-state index in [1.165, 1.54) is 0 Å². The molecule has 2 N–H and O–H groups in total. The van der Waals surface area contributed by atoms with Gasteiger partial charge in [-0.15, -0.1) is 0 Å².